The number of hydrogen-bond acceptors (Lipinski definition) is 4. The van der Waals surface area contributed by atoms with Crippen molar-refractivity contribution >= 4 is 40.5 Å². The minimum Gasteiger partial charge on any atom is -0.369 e. The van der Waals surface area contributed by atoms with Gasteiger partial charge in [-0.1, -0.05) is 17.7 Å². The smallest absolute Gasteiger partial charge is 0.229 e. The van der Waals surface area contributed by atoms with E-state index in [1.165, 1.54) is 5.69 Å². The normalized spacial score (nSPS) is 20.2. The molecule has 2 aliphatic heterocycles. The van der Waals surface area contributed by atoms with Crippen LogP contribution in [-0.2, 0) is 9.59 Å². The molecular weight excluding hydrogens is 388 g/mol. The van der Waals surface area contributed by atoms with Gasteiger partial charge in [0.1, 0.15) is 0 Å². The highest BCUT2D eigenvalue weighted by atomic mass is 35.5. The van der Waals surface area contributed by atoms with Crippen LogP contribution in [0.1, 0.15) is 6.42 Å². The largest absolute Gasteiger partial charge is 0.369 e. The summed E-state index contributed by atoms with van der Waals surface area (Å²) in [5.41, 5.74) is 2.65. The zero-order chi connectivity index (χ0) is 20.4. The Morgan fingerprint density at radius 1 is 1.03 bits per heavy atom. The Hall–Kier alpha value is -2.57. The molecule has 2 aliphatic rings. The predicted octanol–water partition coefficient (Wildman–Crippen LogP) is 3.08. The third-order valence-electron chi connectivity index (χ3n) is 5.62. The number of anilines is 3. The lowest BCUT2D eigenvalue weighted by Crippen LogP contribution is -2.44. The number of hydrogen-bond donors (Lipinski definition) is 1. The summed E-state index contributed by atoms with van der Waals surface area (Å²) in [7, 11) is 2.14. The third kappa shape index (κ3) is 4.54. The van der Waals surface area contributed by atoms with Crippen LogP contribution in [-0.4, -0.2) is 56.5 Å². The number of benzene rings is 2. The first-order valence-electron chi connectivity index (χ1n) is 9.90. The van der Waals surface area contributed by atoms with E-state index in [1.54, 1.807) is 23.1 Å². The second-order valence-corrected chi connectivity index (χ2v) is 8.15. The number of likely N-dealkylation sites (N-methyl/N-ethyl adjacent to an activating group) is 1. The molecule has 4 rings (SSSR count). The minimum atomic E-state index is -0.376. The van der Waals surface area contributed by atoms with E-state index < -0.39 is 0 Å². The summed E-state index contributed by atoms with van der Waals surface area (Å²) in [4.78, 5) is 31.4. The van der Waals surface area contributed by atoms with Crippen molar-refractivity contribution in [1.82, 2.24) is 4.90 Å². The Balaban J connectivity index is 1.36. The Morgan fingerprint density at radius 2 is 1.76 bits per heavy atom. The summed E-state index contributed by atoms with van der Waals surface area (Å²) in [5, 5.41) is 3.53. The predicted molar refractivity (Wildman–Crippen MR) is 117 cm³/mol. The summed E-state index contributed by atoms with van der Waals surface area (Å²) in [5.74, 6) is -0.563. The van der Waals surface area contributed by atoms with Crippen LogP contribution >= 0.6 is 11.6 Å². The highest BCUT2D eigenvalue weighted by Gasteiger charge is 2.35. The Labute approximate surface area is 176 Å². The Bertz CT molecular complexity index is 894. The summed E-state index contributed by atoms with van der Waals surface area (Å²) in [6.45, 7) is 4.48. The van der Waals surface area contributed by atoms with Gasteiger partial charge in [-0.3, -0.25) is 9.59 Å². The van der Waals surface area contributed by atoms with Crippen LogP contribution in [0.25, 0.3) is 0 Å². The fraction of sp³-hybridized carbons (Fsp3) is 0.364. The van der Waals surface area contributed by atoms with Crippen LogP contribution < -0.4 is 15.1 Å². The molecule has 2 fully saturated rings. The van der Waals surface area contributed by atoms with Crippen molar-refractivity contribution in [2.45, 2.75) is 6.42 Å². The van der Waals surface area contributed by atoms with Crippen LogP contribution in [0.4, 0.5) is 17.1 Å². The minimum absolute atomic E-state index is 0.0576. The SMILES string of the molecule is CN1CCN(c2ccc(NC(=O)C3CC(=O)N(c4cccc(Cl)c4)C3)cc2)CC1. The third-order valence-corrected chi connectivity index (χ3v) is 5.85. The molecule has 0 aliphatic carbocycles. The first-order valence-corrected chi connectivity index (χ1v) is 10.3. The molecule has 6 nitrogen and oxygen atoms in total. The fourth-order valence-electron chi connectivity index (χ4n) is 3.84. The molecule has 7 heteroatoms. The van der Waals surface area contributed by atoms with Gasteiger partial charge in [-0.15, -0.1) is 0 Å². The van der Waals surface area contributed by atoms with Gasteiger partial charge in [0, 0.05) is 61.2 Å². The van der Waals surface area contributed by atoms with Crippen LogP contribution in [0.15, 0.2) is 48.5 Å². The second kappa shape index (κ2) is 8.43. The molecule has 29 heavy (non-hydrogen) atoms. The maximum absolute atomic E-state index is 12.7. The van der Waals surface area contributed by atoms with Gasteiger partial charge < -0.3 is 20.0 Å². The van der Waals surface area contributed by atoms with Crippen molar-refractivity contribution in [2.24, 2.45) is 5.92 Å². The van der Waals surface area contributed by atoms with Crippen molar-refractivity contribution in [3.8, 4) is 0 Å². The number of amides is 2. The molecule has 2 heterocycles. The first kappa shape index (κ1) is 19.7. The number of piperazine rings is 1. The van der Waals surface area contributed by atoms with Crippen molar-refractivity contribution in [2.75, 3.05) is 54.9 Å². The fourth-order valence-corrected chi connectivity index (χ4v) is 4.03. The van der Waals surface area contributed by atoms with E-state index in [9.17, 15) is 9.59 Å². The van der Waals surface area contributed by atoms with Gasteiger partial charge in [0.05, 0.1) is 5.92 Å². The van der Waals surface area contributed by atoms with Crippen molar-refractivity contribution < 1.29 is 9.59 Å². The molecule has 2 amide bonds. The monoisotopic (exact) mass is 412 g/mol. The number of nitrogens with one attached hydrogen (secondary N) is 1. The van der Waals surface area contributed by atoms with E-state index in [0.717, 1.165) is 37.6 Å². The lowest BCUT2D eigenvalue weighted by molar-refractivity contribution is -0.122. The van der Waals surface area contributed by atoms with Crippen LogP contribution in [0, 0.1) is 5.92 Å². The molecule has 0 radical (unpaired) electrons. The number of halogens is 1. The highest BCUT2D eigenvalue weighted by Crippen LogP contribution is 2.28. The van der Waals surface area contributed by atoms with Crippen molar-refractivity contribution in [3.63, 3.8) is 0 Å². The summed E-state index contributed by atoms with van der Waals surface area (Å²) in [6, 6.07) is 15.1. The van der Waals surface area contributed by atoms with E-state index in [0.29, 0.717) is 11.6 Å². The molecule has 1 unspecified atom stereocenters. The lowest BCUT2D eigenvalue weighted by Gasteiger charge is -2.34. The highest BCUT2D eigenvalue weighted by molar-refractivity contribution is 6.31. The molecule has 2 aromatic carbocycles. The van der Waals surface area contributed by atoms with Gasteiger partial charge in [0.2, 0.25) is 11.8 Å². The summed E-state index contributed by atoms with van der Waals surface area (Å²) >= 11 is 6.03. The Morgan fingerprint density at radius 3 is 2.45 bits per heavy atom. The maximum atomic E-state index is 12.7. The number of nitrogens with zero attached hydrogens (tertiary/aromatic N) is 3. The Kier molecular flexibility index (Phi) is 5.74. The molecular formula is C22H25ClN4O2. The molecule has 0 bridgehead atoms. The quantitative estimate of drug-likeness (QED) is 0.838. The first-order chi connectivity index (χ1) is 14.0. The lowest BCUT2D eigenvalue weighted by atomic mass is 10.1. The van der Waals surface area contributed by atoms with Crippen LogP contribution in [0.5, 0.6) is 0 Å². The van der Waals surface area contributed by atoms with E-state index in [2.05, 4.69) is 22.2 Å². The van der Waals surface area contributed by atoms with E-state index in [1.807, 2.05) is 30.3 Å². The van der Waals surface area contributed by atoms with Crippen molar-refractivity contribution in [3.05, 3.63) is 53.6 Å². The van der Waals surface area contributed by atoms with Gasteiger partial charge in [-0.05, 0) is 49.5 Å². The summed E-state index contributed by atoms with van der Waals surface area (Å²) < 4.78 is 0. The van der Waals surface area contributed by atoms with Crippen LogP contribution in [0.3, 0.4) is 0 Å². The van der Waals surface area contributed by atoms with Gasteiger partial charge in [-0.25, -0.2) is 0 Å². The van der Waals surface area contributed by atoms with Crippen molar-refractivity contribution in [1.29, 1.82) is 0 Å². The molecule has 0 spiro atoms. The molecule has 1 N–H and O–H groups in total. The zero-order valence-corrected chi connectivity index (χ0v) is 17.2. The molecule has 152 valence electrons. The van der Waals surface area contributed by atoms with Gasteiger partial charge >= 0.3 is 0 Å². The van der Waals surface area contributed by atoms with E-state index in [-0.39, 0.29) is 24.2 Å². The van der Waals surface area contributed by atoms with Gasteiger partial charge in [0.15, 0.2) is 0 Å². The van der Waals surface area contributed by atoms with Gasteiger partial charge in [-0.2, -0.15) is 0 Å². The molecule has 2 saturated heterocycles. The zero-order valence-electron chi connectivity index (χ0n) is 16.5. The average Bonchev–Trinajstić information content (AvgIpc) is 3.11. The summed E-state index contributed by atoms with van der Waals surface area (Å²) in [6.07, 6.45) is 0.206. The number of carbonyl (C=O) groups is 2. The molecule has 0 saturated carbocycles. The molecule has 1 atom stereocenters. The van der Waals surface area contributed by atoms with Gasteiger partial charge in [0.25, 0.3) is 0 Å². The molecule has 0 aromatic heterocycles. The number of rotatable bonds is 4. The maximum Gasteiger partial charge on any atom is 0.229 e. The average molecular weight is 413 g/mol. The molecule has 2 aromatic rings. The standard InChI is InChI=1S/C22H25ClN4O2/c1-25-9-11-26(12-10-25)19-7-5-18(6-8-19)24-22(29)16-13-21(28)27(15-16)20-4-2-3-17(23)14-20/h2-8,14,16H,9-13,15H2,1H3,(H,24,29). The topological polar surface area (TPSA) is 55.9 Å². The van der Waals surface area contributed by atoms with E-state index >= 15 is 0 Å². The van der Waals surface area contributed by atoms with Crippen LogP contribution in [0.2, 0.25) is 5.02 Å². The van der Waals surface area contributed by atoms with E-state index in [4.69, 9.17) is 11.6 Å². The second-order valence-electron chi connectivity index (χ2n) is 7.71. The number of carbonyl (C=O) groups excluding carboxylic acids is 2.